The van der Waals surface area contributed by atoms with Gasteiger partial charge in [-0.15, -0.1) is 0 Å². The summed E-state index contributed by atoms with van der Waals surface area (Å²) in [6.45, 7) is 1.33. The molecule has 1 saturated heterocycles. The summed E-state index contributed by atoms with van der Waals surface area (Å²) in [6, 6.07) is 16.2. The third kappa shape index (κ3) is 5.14. The van der Waals surface area contributed by atoms with Crippen molar-refractivity contribution in [3.05, 3.63) is 89.2 Å². The Bertz CT molecular complexity index is 1460. The number of aromatic nitrogens is 2. The molecule has 1 aliphatic heterocycles. The average molecular weight is 500 g/mol. The second-order valence-corrected chi connectivity index (χ2v) is 9.28. The molecule has 0 spiro atoms. The fourth-order valence-electron chi connectivity index (χ4n) is 4.57. The van der Waals surface area contributed by atoms with Crippen LogP contribution in [0.1, 0.15) is 24.0 Å². The normalized spacial score (nSPS) is 14.0. The molecule has 2 aromatic heterocycles. The van der Waals surface area contributed by atoms with Gasteiger partial charge in [0.2, 0.25) is 5.91 Å². The number of likely N-dealkylation sites (tertiary alicyclic amines) is 1. The Morgan fingerprint density at radius 1 is 1.11 bits per heavy atom. The standard InChI is InChI=1S/C28H23ClFN5O/c29-27-4-1-18(16-33-27)11-28(36)35-9-6-23(7-10-35)34-26-14-21(13-20-5-8-32-17-24(20)26)19-2-3-25(30)22(12-19)15-31/h1-5,8,12-14,16-17,23,34H,6-7,9-11H2. The van der Waals surface area contributed by atoms with Gasteiger partial charge in [0.05, 0.1) is 12.0 Å². The van der Waals surface area contributed by atoms with Crippen molar-refractivity contribution in [2.24, 2.45) is 0 Å². The van der Waals surface area contributed by atoms with E-state index in [1.165, 1.54) is 6.07 Å². The van der Waals surface area contributed by atoms with Crippen LogP contribution in [0.2, 0.25) is 5.15 Å². The van der Waals surface area contributed by atoms with Gasteiger partial charge in [0, 0.05) is 48.8 Å². The summed E-state index contributed by atoms with van der Waals surface area (Å²) in [7, 11) is 0. The molecule has 1 aliphatic rings. The van der Waals surface area contributed by atoms with Gasteiger partial charge in [0.15, 0.2) is 0 Å². The zero-order chi connectivity index (χ0) is 25.1. The van der Waals surface area contributed by atoms with Crippen molar-refractivity contribution in [2.75, 3.05) is 18.4 Å². The number of nitriles is 1. The number of rotatable bonds is 5. The molecule has 8 heteroatoms. The van der Waals surface area contributed by atoms with Gasteiger partial charge in [-0.25, -0.2) is 9.37 Å². The molecule has 2 aromatic carbocycles. The summed E-state index contributed by atoms with van der Waals surface area (Å²) in [5.41, 5.74) is 3.45. The Morgan fingerprint density at radius 2 is 1.94 bits per heavy atom. The molecule has 4 aromatic rings. The zero-order valence-electron chi connectivity index (χ0n) is 19.4. The number of carbonyl (C=O) groups is 1. The van der Waals surface area contributed by atoms with Crippen molar-refractivity contribution in [3.8, 4) is 17.2 Å². The summed E-state index contributed by atoms with van der Waals surface area (Å²) in [4.78, 5) is 23.0. The maximum Gasteiger partial charge on any atom is 0.227 e. The number of benzene rings is 2. The lowest BCUT2D eigenvalue weighted by molar-refractivity contribution is -0.131. The first-order chi connectivity index (χ1) is 17.5. The predicted molar refractivity (Wildman–Crippen MR) is 138 cm³/mol. The number of fused-ring (bicyclic) bond motifs is 1. The van der Waals surface area contributed by atoms with Gasteiger partial charge in [0.1, 0.15) is 17.0 Å². The Kier molecular flexibility index (Phi) is 6.79. The van der Waals surface area contributed by atoms with Crippen LogP contribution in [0.4, 0.5) is 10.1 Å². The van der Waals surface area contributed by atoms with Crippen LogP contribution < -0.4 is 5.32 Å². The second kappa shape index (κ2) is 10.3. The Balaban J connectivity index is 1.31. The molecule has 1 N–H and O–H groups in total. The van der Waals surface area contributed by atoms with E-state index in [1.54, 1.807) is 30.6 Å². The zero-order valence-corrected chi connectivity index (χ0v) is 20.2. The molecule has 36 heavy (non-hydrogen) atoms. The predicted octanol–water partition coefficient (Wildman–Crippen LogP) is 5.61. The van der Waals surface area contributed by atoms with E-state index < -0.39 is 5.82 Å². The molecule has 3 heterocycles. The molecule has 1 fully saturated rings. The van der Waals surface area contributed by atoms with E-state index in [2.05, 4.69) is 15.3 Å². The number of halogens is 2. The van der Waals surface area contributed by atoms with E-state index in [0.29, 0.717) is 24.7 Å². The van der Waals surface area contributed by atoms with Crippen LogP contribution in [0.25, 0.3) is 21.9 Å². The molecule has 0 saturated carbocycles. The molecular formula is C28H23ClFN5O. The van der Waals surface area contributed by atoms with Crippen molar-refractivity contribution in [1.29, 1.82) is 5.26 Å². The lowest BCUT2D eigenvalue weighted by Crippen LogP contribution is -2.43. The number of hydrogen-bond acceptors (Lipinski definition) is 5. The number of pyridine rings is 2. The van der Waals surface area contributed by atoms with Crippen molar-refractivity contribution < 1.29 is 9.18 Å². The number of amides is 1. The maximum absolute atomic E-state index is 13.9. The van der Waals surface area contributed by atoms with Crippen molar-refractivity contribution in [1.82, 2.24) is 14.9 Å². The van der Waals surface area contributed by atoms with E-state index in [9.17, 15) is 14.4 Å². The topological polar surface area (TPSA) is 81.9 Å². The first-order valence-corrected chi connectivity index (χ1v) is 12.1. The van der Waals surface area contributed by atoms with E-state index in [-0.39, 0.29) is 17.5 Å². The van der Waals surface area contributed by atoms with Crippen LogP contribution >= 0.6 is 11.6 Å². The molecule has 5 rings (SSSR count). The van der Waals surface area contributed by atoms with Gasteiger partial charge < -0.3 is 10.2 Å². The summed E-state index contributed by atoms with van der Waals surface area (Å²) < 4.78 is 13.9. The van der Waals surface area contributed by atoms with Crippen LogP contribution in [-0.2, 0) is 11.2 Å². The number of hydrogen-bond donors (Lipinski definition) is 1. The third-order valence-electron chi connectivity index (χ3n) is 6.53. The average Bonchev–Trinajstić information content (AvgIpc) is 2.90. The van der Waals surface area contributed by atoms with Crippen molar-refractivity contribution >= 4 is 34.0 Å². The summed E-state index contributed by atoms with van der Waals surface area (Å²) in [5, 5.41) is 15.3. The quantitative estimate of drug-likeness (QED) is 0.361. The first-order valence-electron chi connectivity index (χ1n) is 11.7. The van der Waals surface area contributed by atoms with Gasteiger partial charge in [-0.1, -0.05) is 23.7 Å². The summed E-state index contributed by atoms with van der Waals surface area (Å²) in [6.07, 6.45) is 7.13. The lowest BCUT2D eigenvalue weighted by atomic mass is 9.98. The molecule has 0 bridgehead atoms. The first kappa shape index (κ1) is 23.7. The Hall–Kier alpha value is -4.02. The highest BCUT2D eigenvalue weighted by molar-refractivity contribution is 6.29. The number of nitrogens with zero attached hydrogens (tertiary/aromatic N) is 4. The minimum atomic E-state index is -0.529. The molecule has 0 radical (unpaired) electrons. The maximum atomic E-state index is 13.9. The molecule has 6 nitrogen and oxygen atoms in total. The van der Waals surface area contributed by atoms with E-state index in [4.69, 9.17) is 11.6 Å². The van der Waals surface area contributed by atoms with E-state index >= 15 is 0 Å². The van der Waals surface area contributed by atoms with Gasteiger partial charge in [-0.2, -0.15) is 5.26 Å². The Morgan fingerprint density at radius 3 is 2.69 bits per heavy atom. The van der Waals surface area contributed by atoms with Gasteiger partial charge in [-0.05, 0) is 71.3 Å². The highest BCUT2D eigenvalue weighted by Gasteiger charge is 2.23. The molecule has 1 amide bonds. The van der Waals surface area contributed by atoms with Gasteiger partial charge in [0.25, 0.3) is 0 Å². The summed E-state index contributed by atoms with van der Waals surface area (Å²) >= 11 is 5.83. The number of nitrogens with one attached hydrogen (secondary N) is 1. The minimum absolute atomic E-state index is 0.0169. The monoisotopic (exact) mass is 499 g/mol. The third-order valence-corrected chi connectivity index (χ3v) is 6.75. The van der Waals surface area contributed by atoms with Crippen LogP contribution in [0.15, 0.2) is 67.1 Å². The van der Waals surface area contributed by atoms with Crippen LogP contribution in [-0.4, -0.2) is 39.9 Å². The highest BCUT2D eigenvalue weighted by Crippen LogP contribution is 2.32. The van der Waals surface area contributed by atoms with Crippen molar-refractivity contribution in [3.63, 3.8) is 0 Å². The summed E-state index contributed by atoms with van der Waals surface area (Å²) in [5.74, 6) is -0.447. The largest absolute Gasteiger partial charge is 0.382 e. The number of carbonyl (C=O) groups excluding carboxylic acids is 1. The SMILES string of the molecule is N#Cc1cc(-c2cc(NC3CCN(C(=O)Cc4ccc(Cl)nc4)CC3)c3cnccc3c2)ccc1F. The molecule has 180 valence electrons. The fourth-order valence-corrected chi connectivity index (χ4v) is 4.68. The molecule has 0 aliphatic carbocycles. The van der Waals surface area contributed by atoms with Gasteiger partial charge >= 0.3 is 0 Å². The number of anilines is 1. The highest BCUT2D eigenvalue weighted by atomic mass is 35.5. The lowest BCUT2D eigenvalue weighted by Gasteiger charge is -2.33. The number of piperidine rings is 1. The molecule has 0 atom stereocenters. The minimum Gasteiger partial charge on any atom is -0.382 e. The fraction of sp³-hybridized carbons (Fsp3) is 0.214. The molecular weight excluding hydrogens is 477 g/mol. The second-order valence-electron chi connectivity index (χ2n) is 8.89. The van der Waals surface area contributed by atoms with Crippen LogP contribution in [0.5, 0.6) is 0 Å². The Labute approximate surface area is 213 Å². The van der Waals surface area contributed by atoms with Crippen LogP contribution in [0.3, 0.4) is 0 Å². The van der Waals surface area contributed by atoms with Crippen molar-refractivity contribution in [2.45, 2.75) is 25.3 Å². The van der Waals surface area contributed by atoms with Crippen LogP contribution in [0, 0.1) is 17.1 Å². The smallest absolute Gasteiger partial charge is 0.227 e. The molecule has 0 unspecified atom stereocenters. The van der Waals surface area contributed by atoms with E-state index in [0.717, 1.165) is 46.0 Å². The van der Waals surface area contributed by atoms with Gasteiger partial charge in [-0.3, -0.25) is 9.78 Å². The van der Waals surface area contributed by atoms with E-state index in [1.807, 2.05) is 41.4 Å².